The third kappa shape index (κ3) is 4.39. The van der Waals surface area contributed by atoms with Crippen LogP contribution in [-0.2, 0) is 12.6 Å². The smallest absolute Gasteiger partial charge is 0.321 e. The fourth-order valence-corrected chi connectivity index (χ4v) is 3.53. The van der Waals surface area contributed by atoms with Gasteiger partial charge in [0, 0.05) is 24.3 Å². The molecule has 1 aromatic carbocycles. The number of aromatic nitrogens is 3. The first-order valence-electron chi connectivity index (χ1n) is 9.27. The molecule has 0 bridgehead atoms. The largest absolute Gasteiger partial charge is 0.417 e. The predicted molar refractivity (Wildman–Crippen MR) is 111 cm³/mol. The zero-order valence-corrected chi connectivity index (χ0v) is 17.0. The summed E-state index contributed by atoms with van der Waals surface area (Å²) in [6.45, 7) is 1.54. The van der Waals surface area contributed by atoms with Crippen molar-refractivity contribution < 1.29 is 18.0 Å². The Balaban J connectivity index is 1.60. The van der Waals surface area contributed by atoms with Crippen molar-refractivity contribution in [3.63, 3.8) is 0 Å². The van der Waals surface area contributed by atoms with Crippen molar-refractivity contribution in [2.24, 2.45) is 0 Å². The molecule has 31 heavy (non-hydrogen) atoms. The minimum Gasteiger partial charge on any atom is -0.321 e. The lowest BCUT2D eigenvalue weighted by atomic mass is 10.1. The van der Waals surface area contributed by atoms with Gasteiger partial charge in [-0.1, -0.05) is 23.7 Å². The number of halogens is 4. The van der Waals surface area contributed by atoms with Crippen LogP contribution in [0.15, 0.2) is 61.1 Å². The number of nitrogens with one attached hydrogen (secondary N) is 1. The minimum atomic E-state index is -4.60. The molecule has 4 aromatic rings. The van der Waals surface area contributed by atoms with E-state index in [0.717, 1.165) is 27.8 Å². The van der Waals surface area contributed by atoms with Gasteiger partial charge in [0.05, 0.1) is 16.3 Å². The SMILES string of the molecule is Cc1nc2c(Cl)cc(C(F)(F)F)cn2c1C(=O)Nc1ccc(Cc2ccncc2)cc1. The van der Waals surface area contributed by atoms with E-state index in [1.807, 2.05) is 24.3 Å². The zero-order valence-electron chi connectivity index (χ0n) is 16.2. The van der Waals surface area contributed by atoms with Crippen molar-refractivity contribution in [3.05, 3.63) is 94.2 Å². The standard InChI is InChI=1S/C22H16ClF3N4O/c1-13-19(30-12-16(22(24,25)26)11-18(23)20(30)28-13)21(31)29-17-4-2-14(3-5-17)10-15-6-8-27-9-7-15/h2-9,11-12H,10H2,1H3,(H,29,31). The molecule has 3 aromatic heterocycles. The Morgan fingerprint density at radius 2 is 1.74 bits per heavy atom. The molecule has 0 unspecified atom stereocenters. The number of carbonyl (C=O) groups excluding carboxylic acids is 1. The summed E-state index contributed by atoms with van der Waals surface area (Å²) < 4.78 is 40.6. The van der Waals surface area contributed by atoms with Gasteiger partial charge >= 0.3 is 6.18 Å². The van der Waals surface area contributed by atoms with Gasteiger partial charge in [-0.3, -0.25) is 14.2 Å². The summed E-state index contributed by atoms with van der Waals surface area (Å²) in [5, 5.41) is 2.53. The Bertz CT molecular complexity index is 1250. The summed E-state index contributed by atoms with van der Waals surface area (Å²) in [5.74, 6) is -0.581. The molecule has 1 N–H and O–H groups in total. The average Bonchev–Trinajstić information content (AvgIpc) is 3.06. The predicted octanol–water partition coefficient (Wildman–Crippen LogP) is 5.55. The molecule has 0 aliphatic heterocycles. The summed E-state index contributed by atoms with van der Waals surface area (Å²) >= 11 is 5.98. The molecule has 0 saturated carbocycles. The van der Waals surface area contributed by atoms with Gasteiger partial charge in [-0.2, -0.15) is 13.2 Å². The van der Waals surface area contributed by atoms with Crippen LogP contribution in [0.2, 0.25) is 5.02 Å². The van der Waals surface area contributed by atoms with Crippen LogP contribution in [0.5, 0.6) is 0 Å². The Hall–Kier alpha value is -3.39. The van der Waals surface area contributed by atoms with Crippen LogP contribution in [0.1, 0.15) is 32.9 Å². The van der Waals surface area contributed by atoms with Gasteiger partial charge < -0.3 is 5.32 Å². The van der Waals surface area contributed by atoms with Gasteiger partial charge in [-0.05, 0) is 54.8 Å². The topological polar surface area (TPSA) is 59.3 Å². The van der Waals surface area contributed by atoms with Crippen molar-refractivity contribution in [3.8, 4) is 0 Å². The highest BCUT2D eigenvalue weighted by atomic mass is 35.5. The molecule has 0 aliphatic carbocycles. The van der Waals surface area contributed by atoms with Crippen LogP contribution in [0, 0.1) is 6.92 Å². The number of rotatable bonds is 4. The molecule has 0 aliphatic rings. The number of hydrogen-bond donors (Lipinski definition) is 1. The lowest BCUT2D eigenvalue weighted by Gasteiger charge is -2.10. The molecule has 0 atom stereocenters. The second-order valence-corrected chi connectivity index (χ2v) is 7.40. The maximum atomic E-state index is 13.2. The number of hydrogen-bond acceptors (Lipinski definition) is 3. The number of aryl methyl sites for hydroxylation is 1. The van der Waals surface area contributed by atoms with Crippen LogP contribution < -0.4 is 5.32 Å². The van der Waals surface area contributed by atoms with Gasteiger partial charge in [0.2, 0.25) is 0 Å². The molecule has 3 heterocycles. The fraction of sp³-hybridized carbons (Fsp3) is 0.136. The van der Waals surface area contributed by atoms with E-state index in [9.17, 15) is 18.0 Å². The third-order valence-electron chi connectivity index (χ3n) is 4.76. The molecule has 5 nitrogen and oxygen atoms in total. The normalized spacial score (nSPS) is 11.6. The molecular weight excluding hydrogens is 429 g/mol. The Morgan fingerprint density at radius 3 is 2.39 bits per heavy atom. The van der Waals surface area contributed by atoms with Gasteiger partial charge in [-0.25, -0.2) is 4.98 Å². The number of anilines is 1. The van der Waals surface area contributed by atoms with Crippen LogP contribution in [-0.4, -0.2) is 20.3 Å². The number of alkyl halides is 3. The number of benzene rings is 1. The first-order valence-corrected chi connectivity index (χ1v) is 9.65. The zero-order chi connectivity index (χ0) is 22.2. The molecule has 0 spiro atoms. The van der Waals surface area contributed by atoms with Crippen LogP contribution >= 0.6 is 11.6 Å². The Morgan fingerprint density at radius 1 is 1.10 bits per heavy atom. The number of pyridine rings is 2. The molecule has 158 valence electrons. The number of fused-ring (bicyclic) bond motifs is 1. The first-order chi connectivity index (χ1) is 14.7. The molecule has 0 radical (unpaired) electrons. The van der Waals surface area contributed by atoms with Crippen molar-refractivity contribution >= 4 is 28.8 Å². The molecule has 4 rings (SSSR count). The molecule has 0 saturated heterocycles. The molecule has 1 amide bonds. The van der Waals surface area contributed by atoms with Gasteiger partial charge in [-0.15, -0.1) is 0 Å². The Labute approximate surface area is 180 Å². The van der Waals surface area contributed by atoms with Crippen LogP contribution in [0.4, 0.5) is 18.9 Å². The quantitative estimate of drug-likeness (QED) is 0.448. The van der Waals surface area contributed by atoms with Crippen molar-refractivity contribution in [1.82, 2.24) is 14.4 Å². The van der Waals surface area contributed by atoms with E-state index in [1.54, 1.807) is 31.5 Å². The van der Waals surface area contributed by atoms with E-state index < -0.39 is 17.6 Å². The number of amides is 1. The summed E-state index contributed by atoms with van der Waals surface area (Å²) in [6.07, 6.45) is 0.376. The highest BCUT2D eigenvalue weighted by Gasteiger charge is 2.33. The number of nitrogens with zero attached hydrogens (tertiary/aromatic N) is 3. The van der Waals surface area contributed by atoms with Gasteiger partial charge in [0.1, 0.15) is 5.69 Å². The summed E-state index contributed by atoms with van der Waals surface area (Å²) in [6, 6.07) is 11.9. The number of imidazole rings is 1. The van der Waals surface area contributed by atoms with Crippen LogP contribution in [0.25, 0.3) is 5.65 Å². The maximum absolute atomic E-state index is 13.2. The molecule has 0 fully saturated rings. The van der Waals surface area contributed by atoms with E-state index in [0.29, 0.717) is 12.1 Å². The van der Waals surface area contributed by atoms with Gasteiger partial charge in [0.25, 0.3) is 5.91 Å². The monoisotopic (exact) mass is 444 g/mol. The van der Waals surface area contributed by atoms with E-state index in [1.165, 1.54) is 0 Å². The summed E-state index contributed by atoms with van der Waals surface area (Å²) in [5.41, 5.74) is 2.04. The van der Waals surface area contributed by atoms with Crippen molar-refractivity contribution in [2.75, 3.05) is 5.32 Å². The number of carbonyl (C=O) groups is 1. The average molecular weight is 445 g/mol. The van der Waals surface area contributed by atoms with E-state index in [4.69, 9.17) is 11.6 Å². The lowest BCUT2D eigenvalue weighted by molar-refractivity contribution is -0.137. The van der Waals surface area contributed by atoms with E-state index in [-0.39, 0.29) is 22.1 Å². The van der Waals surface area contributed by atoms with Crippen molar-refractivity contribution in [2.45, 2.75) is 19.5 Å². The summed E-state index contributed by atoms with van der Waals surface area (Å²) in [7, 11) is 0. The third-order valence-corrected chi connectivity index (χ3v) is 5.04. The van der Waals surface area contributed by atoms with Crippen molar-refractivity contribution in [1.29, 1.82) is 0 Å². The molecular formula is C22H16ClF3N4O. The summed E-state index contributed by atoms with van der Waals surface area (Å²) in [4.78, 5) is 21.0. The fourth-order valence-electron chi connectivity index (χ4n) is 3.28. The second-order valence-electron chi connectivity index (χ2n) is 7.00. The van der Waals surface area contributed by atoms with E-state index >= 15 is 0 Å². The highest BCUT2D eigenvalue weighted by molar-refractivity contribution is 6.33. The van der Waals surface area contributed by atoms with E-state index in [2.05, 4.69) is 15.3 Å². The van der Waals surface area contributed by atoms with Crippen LogP contribution in [0.3, 0.4) is 0 Å². The maximum Gasteiger partial charge on any atom is 0.417 e. The first kappa shape index (κ1) is 20.9. The van der Waals surface area contributed by atoms with Gasteiger partial charge in [0.15, 0.2) is 5.65 Å². The second kappa shape index (κ2) is 8.03. The lowest BCUT2D eigenvalue weighted by Crippen LogP contribution is -2.16. The Kier molecular flexibility index (Phi) is 5.41. The highest BCUT2D eigenvalue weighted by Crippen LogP contribution is 2.33. The minimum absolute atomic E-state index is 0.0103. The molecule has 9 heteroatoms.